The van der Waals surface area contributed by atoms with Crippen LogP contribution in [0.4, 0.5) is 4.39 Å². The summed E-state index contributed by atoms with van der Waals surface area (Å²) in [5, 5.41) is 0. The molecule has 0 saturated carbocycles. The summed E-state index contributed by atoms with van der Waals surface area (Å²) >= 11 is 10.3. The molecule has 0 aliphatic rings. The van der Waals surface area contributed by atoms with Gasteiger partial charge in [-0.3, -0.25) is 0 Å². The molecule has 0 aromatic heterocycles. The molecule has 0 fully saturated rings. The summed E-state index contributed by atoms with van der Waals surface area (Å²) in [6.07, 6.45) is 0.568. The summed E-state index contributed by atoms with van der Waals surface area (Å²) in [4.78, 5) is 0. The van der Waals surface area contributed by atoms with Crippen LogP contribution in [0.3, 0.4) is 0 Å². The summed E-state index contributed by atoms with van der Waals surface area (Å²) in [6.45, 7) is 0. The Kier molecular flexibility index (Phi) is 5.17. The summed E-state index contributed by atoms with van der Waals surface area (Å²) in [5.41, 5.74) is 8.07. The van der Waals surface area contributed by atoms with Crippen LogP contribution in [0.2, 0.25) is 0 Å². The van der Waals surface area contributed by atoms with Gasteiger partial charge in [0.15, 0.2) is 0 Å². The first-order valence-corrected chi connectivity index (χ1v) is 7.99. The maximum atomic E-state index is 13.3. The van der Waals surface area contributed by atoms with Crippen LogP contribution in [0.15, 0.2) is 49.8 Å². The van der Waals surface area contributed by atoms with Crippen LogP contribution < -0.4 is 5.73 Å². The van der Waals surface area contributed by atoms with Crippen LogP contribution in [-0.2, 0) is 6.42 Å². The fraction of sp³-hybridized carbons (Fsp3) is 0.143. The van der Waals surface area contributed by atoms with E-state index in [1.807, 2.05) is 18.2 Å². The number of benzene rings is 2. The average molecular weight is 452 g/mol. The highest BCUT2D eigenvalue weighted by Gasteiger charge is 2.13. The Balaban J connectivity index is 2.25. The first kappa shape index (κ1) is 15.2. The minimum atomic E-state index is -0.250. The van der Waals surface area contributed by atoms with Crippen LogP contribution >= 0.6 is 47.8 Å². The zero-order chi connectivity index (χ0) is 14.0. The van der Waals surface area contributed by atoms with Crippen molar-refractivity contribution < 1.29 is 4.39 Å². The van der Waals surface area contributed by atoms with E-state index in [1.54, 1.807) is 6.07 Å². The van der Waals surface area contributed by atoms with Gasteiger partial charge in [0, 0.05) is 19.5 Å². The van der Waals surface area contributed by atoms with Gasteiger partial charge in [-0.2, -0.15) is 0 Å². The molecular formula is C14H11Br3FN. The molecule has 1 unspecified atom stereocenters. The van der Waals surface area contributed by atoms with E-state index in [0.29, 0.717) is 6.42 Å². The van der Waals surface area contributed by atoms with Crippen molar-refractivity contribution in [3.05, 3.63) is 66.8 Å². The fourth-order valence-electron chi connectivity index (χ4n) is 1.85. The minimum Gasteiger partial charge on any atom is -0.324 e. The van der Waals surface area contributed by atoms with Gasteiger partial charge in [0.05, 0.1) is 0 Å². The lowest BCUT2D eigenvalue weighted by molar-refractivity contribution is 0.621. The Morgan fingerprint density at radius 1 is 1.00 bits per heavy atom. The van der Waals surface area contributed by atoms with Crippen LogP contribution in [-0.4, -0.2) is 0 Å². The first-order valence-electron chi connectivity index (χ1n) is 5.62. The molecule has 5 heteroatoms. The second kappa shape index (κ2) is 6.48. The number of hydrogen-bond acceptors (Lipinski definition) is 1. The second-order valence-corrected chi connectivity index (χ2v) is 6.84. The molecule has 0 aliphatic heterocycles. The highest BCUT2D eigenvalue weighted by Crippen LogP contribution is 2.29. The van der Waals surface area contributed by atoms with E-state index in [9.17, 15) is 4.39 Å². The highest BCUT2D eigenvalue weighted by atomic mass is 79.9. The van der Waals surface area contributed by atoms with Crippen molar-refractivity contribution in [1.29, 1.82) is 0 Å². The predicted octanol–water partition coefficient (Wildman–Crippen LogP) is 5.36. The number of halogens is 4. The maximum absolute atomic E-state index is 13.3. The van der Waals surface area contributed by atoms with E-state index >= 15 is 0 Å². The van der Waals surface area contributed by atoms with Crippen molar-refractivity contribution >= 4 is 47.8 Å². The van der Waals surface area contributed by atoms with Gasteiger partial charge in [-0.25, -0.2) is 4.39 Å². The van der Waals surface area contributed by atoms with Crippen LogP contribution in [0.1, 0.15) is 17.2 Å². The van der Waals surface area contributed by atoms with Crippen molar-refractivity contribution in [3.8, 4) is 0 Å². The molecule has 0 spiro atoms. The Bertz CT molecular complexity index is 601. The molecular weight excluding hydrogens is 441 g/mol. The Morgan fingerprint density at radius 2 is 1.74 bits per heavy atom. The van der Waals surface area contributed by atoms with E-state index < -0.39 is 0 Å². The van der Waals surface area contributed by atoms with Gasteiger partial charge >= 0.3 is 0 Å². The van der Waals surface area contributed by atoms with Gasteiger partial charge in [0.2, 0.25) is 0 Å². The molecule has 2 aromatic rings. The predicted molar refractivity (Wildman–Crippen MR) is 86.6 cm³/mol. The van der Waals surface area contributed by atoms with Gasteiger partial charge in [0.1, 0.15) is 5.82 Å². The Morgan fingerprint density at radius 3 is 2.42 bits per heavy atom. The molecule has 19 heavy (non-hydrogen) atoms. The van der Waals surface area contributed by atoms with E-state index in [1.165, 1.54) is 12.1 Å². The molecule has 100 valence electrons. The Hall–Kier alpha value is -0.230. The van der Waals surface area contributed by atoms with Gasteiger partial charge in [-0.1, -0.05) is 53.9 Å². The molecule has 0 saturated heterocycles. The molecule has 1 atom stereocenters. The molecule has 2 aromatic carbocycles. The molecule has 0 heterocycles. The first-order chi connectivity index (χ1) is 8.97. The van der Waals surface area contributed by atoms with Crippen molar-refractivity contribution in [2.45, 2.75) is 12.5 Å². The SMILES string of the molecule is NC(Cc1cc(F)ccc1Br)c1ccc(Br)cc1Br. The van der Waals surface area contributed by atoms with Gasteiger partial charge < -0.3 is 5.73 Å². The highest BCUT2D eigenvalue weighted by molar-refractivity contribution is 9.11. The van der Waals surface area contributed by atoms with E-state index in [4.69, 9.17) is 5.73 Å². The normalized spacial score (nSPS) is 12.5. The monoisotopic (exact) mass is 449 g/mol. The third-order valence-corrected chi connectivity index (χ3v) is 4.76. The van der Waals surface area contributed by atoms with E-state index in [2.05, 4.69) is 47.8 Å². The summed E-state index contributed by atoms with van der Waals surface area (Å²) in [6, 6.07) is 10.3. The molecule has 0 bridgehead atoms. The van der Waals surface area contributed by atoms with Crippen molar-refractivity contribution in [3.63, 3.8) is 0 Å². The minimum absolute atomic E-state index is 0.194. The van der Waals surface area contributed by atoms with Crippen molar-refractivity contribution in [1.82, 2.24) is 0 Å². The van der Waals surface area contributed by atoms with Crippen molar-refractivity contribution in [2.75, 3.05) is 0 Å². The molecule has 2 rings (SSSR count). The Labute approximate surface area is 136 Å². The van der Waals surface area contributed by atoms with Crippen LogP contribution in [0.5, 0.6) is 0 Å². The molecule has 2 N–H and O–H groups in total. The average Bonchev–Trinajstić information content (AvgIpc) is 2.33. The zero-order valence-electron chi connectivity index (χ0n) is 9.84. The molecule has 0 radical (unpaired) electrons. The topological polar surface area (TPSA) is 26.0 Å². The van der Waals surface area contributed by atoms with E-state index in [0.717, 1.165) is 24.5 Å². The third-order valence-electron chi connectivity index (χ3n) is 2.81. The summed E-state index contributed by atoms with van der Waals surface area (Å²) in [7, 11) is 0. The lowest BCUT2D eigenvalue weighted by Crippen LogP contribution is -2.14. The second-order valence-electron chi connectivity index (χ2n) is 4.21. The number of nitrogens with two attached hydrogens (primary N) is 1. The standard InChI is InChI=1S/C14H11Br3FN/c15-9-1-3-11(13(17)7-9)14(19)6-8-5-10(18)2-4-12(8)16/h1-5,7,14H,6,19H2. The molecule has 0 aliphatic carbocycles. The van der Waals surface area contributed by atoms with Crippen molar-refractivity contribution in [2.24, 2.45) is 5.73 Å². The smallest absolute Gasteiger partial charge is 0.123 e. The fourth-order valence-corrected chi connectivity index (χ4v) is 3.60. The largest absolute Gasteiger partial charge is 0.324 e. The molecule has 0 amide bonds. The maximum Gasteiger partial charge on any atom is 0.123 e. The lowest BCUT2D eigenvalue weighted by Gasteiger charge is -2.15. The van der Waals surface area contributed by atoms with Crippen LogP contribution in [0, 0.1) is 5.82 Å². The lowest BCUT2D eigenvalue weighted by atomic mass is 10.00. The van der Waals surface area contributed by atoms with E-state index in [-0.39, 0.29) is 11.9 Å². The summed E-state index contributed by atoms with van der Waals surface area (Å²) in [5.74, 6) is -0.250. The third kappa shape index (κ3) is 3.88. The number of rotatable bonds is 3. The molecule has 1 nitrogen and oxygen atoms in total. The van der Waals surface area contributed by atoms with Gasteiger partial charge in [-0.15, -0.1) is 0 Å². The quantitative estimate of drug-likeness (QED) is 0.668. The summed E-state index contributed by atoms with van der Waals surface area (Å²) < 4.78 is 16.1. The van der Waals surface area contributed by atoms with Crippen LogP contribution in [0.25, 0.3) is 0 Å². The zero-order valence-corrected chi connectivity index (χ0v) is 14.6. The number of hydrogen-bond donors (Lipinski definition) is 1. The van der Waals surface area contributed by atoms with Gasteiger partial charge in [-0.05, 0) is 47.9 Å². The van der Waals surface area contributed by atoms with Gasteiger partial charge in [0.25, 0.3) is 0 Å².